The standard InChI is InChI=1S/C22H24N6O3/c29-21-6-5-20(28-15-23-14-24-28)25-27(21)12-16-7-9-26(10-8-16)22(30)19-11-17-3-1-2-4-18(17)13-31-19/h1-6,14-16,19H,7-13H2. The molecule has 0 aliphatic carbocycles. The predicted octanol–water partition coefficient (Wildman–Crippen LogP) is 1.20. The van der Waals surface area contributed by atoms with Crippen molar-refractivity contribution >= 4 is 5.91 Å². The van der Waals surface area contributed by atoms with E-state index in [-0.39, 0.29) is 17.4 Å². The molecular weight excluding hydrogens is 396 g/mol. The third-order valence-corrected chi connectivity index (χ3v) is 6.10. The van der Waals surface area contributed by atoms with Gasteiger partial charge >= 0.3 is 0 Å². The second kappa shape index (κ2) is 8.43. The lowest BCUT2D eigenvalue weighted by Gasteiger charge is -2.35. The van der Waals surface area contributed by atoms with Crippen molar-refractivity contribution in [3.63, 3.8) is 0 Å². The average molecular weight is 420 g/mol. The smallest absolute Gasteiger partial charge is 0.266 e. The summed E-state index contributed by atoms with van der Waals surface area (Å²) < 4.78 is 8.86. The van der Waals surface area contributed by atoms with Gasteiger partial charge in [-0.15, -0.1) is 5.10 Å². The molecular formula is C22H24N6O3. The lowest BCUT2D eigenvalue weighted by atomic mass is 9.95. The van der Waals surface area contributed by atoms with Gasteiger partial charge in [0.25, 0.3) is 11.5 Å². The highest BCUT2D eigenvalue weighted by Crippen LogP contribution is 2.24. The summed E-state index contributed by atoms with van der Waals surface area (Å²) >= 11 is 0. The van der Waals surface area contributed by atoms with Gasteiger partial charge < -0.3 is 9.64 Å². The Morgan fingerprint density at radius 2 is 1.90 bits per heavy atom. The first-order valence-electron chi connectivity index (χ1n) is 10.6. The van der Waals surface area contributed by atoms with E-state index in [0.717, 1.165) is 18.4 Å². The molecule has 0 saturated carbocycles. The van der Waals surface area contributed by atoms with Gasteiger partial charge in [-0.3, -0.25) is 9.59 Å². The molecule has 1 aromatic carbocycles. The van der Waals surface area contributed by atoms with Crippen molar-refractivity contribution in [1.82, 2.24) is 29.4 Å². The van der Waals surface area contributed by atoms with Crippen molar-refractivity contribution in [2.75, 3.05) is 13.1 Å². The summed E-state index contributed by atoms with van der Waals surface area (Å²) in [5, 5.41) is 8.49. The monoisotopic (exact) mass is 420 g/mol. The number of carbonyl (C=O) groups is 1. The highest BCUT2D eigenvalue weighted by atomic mass is 16.5. The maximum atomic E-state index is 13.0. The van der Waals surface area contributed by atoms with E-state index in [1.165, 1.54) is 27.3 Å². The summed E-state index contributed by atoms with van der Waals surface area (Å²) in [5.41, 5.74) is 2.22. The van der Waals surface area contributed by atoms with Gasteiger partial charge in [0.1, 0.15) is 18.8 Å². The van der Waals surface area contributed by atoms with Gasteiger partial charge in [-0.05, 0) is 36.0 Å². The lowest BCUT2D eigenvalue weighted by Crippen LogP contribution is -2.47. The van der Waals surface area contributed by atoms with Gasteiger partial charge in [-0.1, -0.05) is 24.3 Å². The molecule has 1 atom stereocenters. The molecule has 0 N–H and O–H groups in total. The van der Waals surface area contributed by atoms with E-state index in [9.17, 15) is 9.59 Å². The van der Waals surface area contributed by atoms with E-state index in [2.05, 4.69) is 27.3 Å². The minimum absolute atomic E-state index is 0.0661. The molecule has 5 rings (SSSR count). The van der Waals surface area contributed by atoms with E-state index in [1.807, 2.05) is 17.0 Å². The highest BCUT2D eigenvalue weighted by Gasteiger charge is 2.31. The summed E-state index contributed by atoms with van der Waals surface area (Å²) in [7, 11) is 0. The molecule has 1 unspecified atom stereocenters. The Morgan fingerprint density at radius 1 is 1.10 bits per heavy atom. The molecule has 9 heteroatoms. The fraction of sp³-hybridized carbons (Fsp3) is 0.409. The first-order valence-corrected chi connectivity index (χ1v) is 10.6. The first kappa shape index (κ1) is 19.6. The molecule has 0 radical (unpaired) electrons. The number of hydrogen-bond acceptors (Lipinski definition) is 6. The zero-order valence-electron chi connectivity index (χ0n) is 17.1. The van der Waals surface area contributed by atoms with E-state index in [1.54, 1.807) is 12.4 Å². The van der Waals surface area contributed by atoms with Gasteiger partial charge in [-0.25, -0.2) is 14.3 Å². The third kappa shape index (κ3) is 4.13. The maximum absolute atomic E-state index is 13.0. The van der Waals surface area contributed by atoms with Crippen LogP contribution < -0.4 is 5.56 Å². The van der Waals surface area contributed by atoms with Crippen LogP contribution in [0.25, 0.3) is 5.82 Å². The van der Waals surface area contributed by atoms with E-state index in [4.69, 9.17) is 4.74 Å². The summed E-state index contributed by atoms with van der Waals surface area (Å²) in [4.78, 5) is 31.1. The van der Waals surface area contributed by atoms with Gasteiger partial charge in [0, 0.05) is 32.1 Å². The van der Waals surface area contributed by atoms with Crippen LogP contribution >= 0.6 is 0 Å². The third-order valence-electron chi connectivity index (χ3n) is 6.10. The van der Waals surface area contributed by atoms with Crippen LogP contribution in [0, 0.1) is 5.92 Å². The Bertz CT molecular complexity index is 1120. The number of rotatable bonds is 4. The fourth-order valence-corrected chi connectivity index (χ4v) is 4.31. The molecule has 1 fully saturated rings. The number of ether oxygens (including phenoxy) is 1. The number of carbonyl (C=O) groups excluding carboxylic acids is 1. The second-order valence-corrected chi connectivity index (χ2v) is 8.09. The molecule has 9 nitrogen and oxygen atoms in total. The maximum Gasteiger partial charge on any atom is 0.266 e. The van der Waals surface area contributed by atoms with Crippen LogP contribution in [0.1, 0.15) is 24.0 Å². The SMILES string of the molecule is O=C(C1Cc2ccccc2CO1)N1CCC(Cn2nc(-n3cncn3)ccc2=O)CC1. The Hall–Kier alpha value is -3.33. The van der Waals surface area contributed by atoms with Crippen LogP contribution in [0.2, 0.25) is 0 Å². The molecule has 2 aliphatic heterocycles. The number of benzene rings is 1. The summed E-state index contributed by atoms with van der Waals surface area (Å²) in [6.45, 7) is 2.35. The van der Waals surface area contributed by atoms with Gasteiger partial charge in [0.2, 0.25) is 0 Å². The quantitative estimate of drug-likeness (QED) is 0.630. The van der Waals surface area contributed by atoms with Crippen LogP contribution in [0.15, 0.2) is 53.8 Å². The molecule has 3 aromatic rings. The fourth-order valence-electron chi connectivity index (χ4n) is 4.31. The Morgan fingerprint density at radius 3 is 2.68 bits per heavy atom. The Labute approximate surface area is 179 Å². The molecule has 0 spiro atoms. The van der Waals surface area contributed by atoms with Gasteiger partial charge in [-0.2, -0.15) is 5.10 Å². The van der Waals surface area contributed by atoms with Crippen LogP contribution in [0.4, 0.5) is 0 Å². The summed E-state index contributed by atoms with van der Waals surface area (Å²) in [6, 6.07) is 11.3. The van der Waals surface area contributed by atoms with Crippen molar-refractivity contribution in [2.24, 2.45) is 5.92 Å². The molecule has 160 valence electrons. The van der Waals surface area contributed by atoms with Crippen molar-refractivity contribution in [3.8, 4) is 5.82 Å². The lowest BCUT2D eigenvalue weighted by molar-refractivity contribution is -0.147. The van der Waals surface area contributed by atoms with Crippen molar-refractivity contribution in [1.29, 1.82) is 0 Å². The number of hydrogen-bond donors (Lipinski definition) is 0. The zero-order chi connectivity index (χ0) is 21.2. The number of piperidine rings is 1. The van der Waals surface area contributed by atoms with Crippen molar-refractivity contribution in [3.05, 3.63) is 70.5 Å². The summed E-state index contributed by atoms with van der Waals surface area (Å²) in [6.07, 6.45) is 4.86. The molecule has 2 aliphatic rings. The summed E-state index contributed by atoms with van der Waals surface area (Å²) in [5.74, 6) is 0.907. The van der Waals surface area contributed by atoms with E-state index in [0.29, 0.717) is 38.5 Å². The number of amides is 1. The zero-order valence-corrected chi connectivity index (χ0v) is 17.1. The van der Waals surface area contributed by atoms with E-state index < -0.39 is 6.10 Å². The van der Waals surface area contributed by atoms with E-state index >= 15 is 0 Å². The topological polar surface area (TPSA) is 95.1 Å². The van der Waals surface area contributed by atoms with Crippen LogP contribution in [-0.4, -0.2) is 54.5 Å². The minimum Gasteiger partial charge on any atom is -0.363 e. The van der Waals surface area contributed by atoms with Crippen LogP contribution in [-0.2, 0) is 29.1 Å². The normalized spacial score (nSPS) is 19.2. The highest BCUT2D eigenvalue weighted by molar-refractivity contribution is 5.81. The molecule has 1 saturated heterocycles. The van der Waals surface area contributed by atoms with Crippen LogP contribution in [0.5, 0.6) is 0 Å². The molecule has 31 heavy (non-hydrogen) atoms. The largest absolute Gasteiger partial charge is 0.363 e. The number of fused-ring (bicyclic) bond motifs is 1. The number of likely N-dealkylation sites (tertiary alicyclic amines) is 1. The van der Waals surface area contributed by atoms with Crippen LogP contribution in [0.3, 0.4) is 0 Å². The average Bonchev–Trinajstić information content (AvgIpc) is 3.35. The van der Waals surface area contributed by atoms with Crippen molar-refractivity contribution < 1.29 is 9.53 Å². The molecule has 2 aromatic heterocycles. The molecule has 4 heterocycles. The molecule has 1 amide bonds. The van der Waals surface area contributed by atoms with Gasteiger partial charge in [0.05, 0.1) is 6.61 Å². The van der Waals surface area contributed by atoms with Crippen molar-refractivity contribution in [2.45, 2.75) is 38.5 Å². The number of aromatic nitrogens is 5. The first-order chi connectivity index (χ1) is 15.2. The Kier molecular flexibility index (Phi) is 5.33. The number of nitrogens with zero attached hydrogens (tertiary/aromatic N) is 6. The second-order valence-electron chi connectivity index (χ2n) is 8.09. The molecule has 0 bridgehead atoms. The van der Waals surface area contributed by atoms with Gasteiger partial charge in [0.15, 0.2) is 5.82 Å². The predicted molar refractivity (Wildman–Crippen MR) is 111 cm³/mol. The minimum atomic E-state index is -0.407. The Balaban J connectivity index is 1.19.